The fourth-order valence-corrected chi connectivity index (χ4v) is 6.60. The molecule has 0 aromatic heterocycles. The highest BCUT2D eigenvalue weighted by atomic mass is 15.0. The molecule has 1 aliphatic heterocycles. The van der Waals surface area contributed by atoms with Crippen molar-refractivity contribution >= 4 is 12.4 Å². The Morgan fingerprint density at radius 2 is 0.634 bits per heavy atom. The fourth-order valence-electron chi connectivity index (χ4n) is 6.60. The highest BCUT2D eigenvalue weighted by Crippen LogP contribution is 2.27. The third kappa shape index (κ3) is 27.8. The van der Waals surface area contributed by atoms with E-state index in [1.54, 1.807) is 0 Å². The third-order valence-electron chi connectivity index (χ3n) is 9.47. The van der Waals surface area contributed by atoms with Crippen LogP contribution in [0.3, 0.4) is 0 Å². The maximum Gasteiger partial charge on any atom is 0.240 e. The van der Waals surface area contributed by atoms with Crippen molar-refractivity contribution in [2.45, 2.75) is 226 Å². The van der Waals surface area contributed by atoms with E-state index in [0.717, 1.165) is 18.5 Å². The van der Waals surface area contributed by atoms with Crippen LogP contribution in [0.25, 0.3) is 0 Å². The molecule has 0 bridgehead atoms. The van der Waals surface area contributed by atoms with Crippen molar-refractivity contribution < 1.29 is 0 Å². The molecule has 0 spiro atoms. The molecule has 0 radical (unpaired) electrons. The molecule has 0 saturated heterocycles. The number of hydrogen-bond donors (Lipinski definition) is 0. The van der Waals surface area contributed by atoms with Gasteiger partial charge in [-0.2, -0.15) is 0 Å². The normalized spacial score (nSPS) is 13.6. The molecule has 0 N–H and O–H groups in total. The number of nitrogens with zero attached hydrogens (tertiary/aromatic N) is 2. The van der Waals surface area contributed by atoms with Crippen LogP contribution in [0, 0.1) is 12.1 Å². The summed E-state index contributed by atoms with van der Waals surface area (Å²) in [6.45, 7) is 4.61. The van der Waals surface area contributed by atoms with Crippen LogP contribution in [-0.2, 0) is 0 Å². The van der Waals surface area contributed by atoms with Crippen molar-refractivity contribution in [1.82, 2.24) is 0 Å². The highest BCUT2D eigenvalue weighted by molar-refractivity contribution is 6.18. The van der Waals surface area contributed by atoms with Crippen molar-refractivity contribution in [2.24, 2.45) is 15.9 Å². The molecule has 1 rings (SSSR count). The summed E-state index contributed by atoms with van der Waals surface area (Å²) in [6, 6.07) is 0. The first-order valence-corrected chi connectivity index (χ1v) is 19.3. The standard InChI is InChI=1S/C39H75N2/c1-3-5-7-9-11-13-15-17-18-19-21-23-25-27-29-31-33-38(34-35-39-40-36-37-41-39)32-30-28-26-24-22-20-16-14-12-10-8-6-4-2/h36-38H,3-35H2,1-2H3/q+1. The Bertz CT molecular complexity index is 542. The summed E-state index contributed by atoms with van der Waals surface area (Å²) in [5.74, 6) is 0.882. The fraction of sp³-hybridized carbons (Fsp3) is 0.923. The molecule has 0 fully saturated rings. The number of unbranched alkanes of at least 4 members (excludes halogenated alkanes) is 27. The predicted octanol–water partition coefficient (Wildman–Crippen LogP) is 14.2. The van der Waals surface area contributed by atoms with Gasteiger partial charge in [-0.05, 0) is 12.3 Å². The van der Waals surface area contributed by atoms with Crippen LogP contribution < -0.4 is 0 Å². The molecule has 2 heteroatoms. The van der Waals surface area contributed by atoms with Crippen molar-refractivity contribution in [2.75, 3.05) is 0 Å². The Labute approximate surface area is 259 Å². The monoisotopic (exact) mass is 572 g/mol. The average molecular weight is 572 g/mol. The van der Waals surface area contributed by atoms with Gasteiger partial charge in [0.15, 0.2) is 12.4 Å². The Hall–Kier alpha value is -0.790. The zero-order valence-corrected chi connectivity index (χ0v) is 28.5. The quantitative estimate of drug-likeness (QED) is 0.0542. The van der Waals surface area contributed by atoms with Gasteiger partial charge in [-0.3, -0.25) is 0 Å². The van der Waals surface area contributed by atoms with Gasteiger partial charge in [-0.1, -0.05) is 223 Å². The van der Waals surface area contributed by atoms with Crippen LogP contribution in [0.2, 0.25) is 0 Å². The molecule has 1 unspecified atom stereocenters. The van der Waals surface area contributed by atoms with Crippen molar-refractivity contribution in [3.05, 3.63) is 6.17 Å². The van der Waals surface area contributed by atoms with Gasteiger partial charge in [0, 0.05) is 0 Å². The lowest BCUT2D eigenvalue weighted by atomic mass is 9.90. The minimum absolute atomic E-state index is 0.882. The highest BCUT2D eigenvalue weighted by Gasteiger charge is 2.18. The number of hydrogen-bond acceptors (Lipinski definition) is 2. The predicted molar refractivity (Wildman–Crippen MR) is 187 cm³/mol. The van der Waals surface area contributed by atoms with Gasteiger partial charge >= 0.3 is 0 Å². The molecule has 0 saturated carbocycles. The van der Waals surface area contributed by atoms with Crippen molar-refractivity contribution in [1.29, 1.82) is 0 Å². The van der Waals surface area contributed by atoms with Gasteiger partial charge in [0.1, 0.15) is 0 Å². The summed E-state index contributed by atoms with van der Waals surface area (Å²) in [6.07, 6.45) is 52.2. The molecule has 1 heterocycles. The second-order valence-electron chi connectivity index (χ2n) is 13.5. The van der Waals surface area contributed by atoms with Crippen LogP contribution in [0.5, 0.6) is 0 Å². The molecular formula is C39H75N2+. The van der Waals surface area contributed by atoms with E-state index >= 15 is 0 Å². The van der Waals surface area contributed by atoms with E-state index in [-0.39, 0.29) is 0 Å². The van der Waals surface area contributed by atoms with Crippen LogP contribution in [0.1, 0.15) is 226 Å². The molecule has 240 valence electrons. The maximum atomic E-state index is 4.43. The molecule has 1 aliphatic rings. The second kappa shape index (κ2) is 32.1. The van der Waals surface area contributed by atoms with Crippen molar-refractivity contribution in [3.63, 3.8) is 0 Å². The summed E-state index contributed by atoms with van der Waals surface area (Å²) < 4.78 is 0. The van der Waals surface area contributed by atoms with E-state index < -0.39 is 0 Å². The van der Waals surface area contributed by atoms with E-state index in [1.165, 1.54) is 205 Å². The van der Waals surface area contributed by atoms with Gasteiger partial charge in [0.05, 0.1) is 6.42 Å². The Morgan fingerprint density at radius 3 is 0.927 bits per heavy atom. The molecule has 2 nitrogen and oxygen atoms in total. The average Bonchev–Trinajstić information content (AvgIpc) is 3.51. The molecule has 41 heavy (non-hydrogen) atoms. The van der Waals surface area contributed by atoms with Crippen LogP contribution >= 0.6 is 0 Å². The molecule has 0 aromatic carbocycles. The SMILES string of the molecule is CCCCCCCCCCCCCCCCCCC(CCCCCCCCCCCCCCC)CC[C+]1N=CC=N1. The summed E-state index contributed by atoms with van der Waals surface area (Å²) in [7, 11) is 0. The van der Waals surface area contributed by atoms with Gasteiger partial charge < -0.3 is 0 Å². The van der Waals surface area contributed by atoms with E-state index in [0.29, 0.717) is 0 Å². The zero-order chi connectivity index (χ0) is 29.3. The molecule has 0 amide bonds. The summed E-state index contributed by atoms with van der Waals surface area (Å²) in [5.41, 5.74) is 0. The Balaban J connectivity index is 1.96. The molecular weight excluding hydrogens is 496 g/mol. The van der Waals surface area contributed by atoms with Crippen molar-refractivity contribution in [3.8, 4) is 0 Å². The Morgan fingerprint density at radius 1 is 0.366 bits per heavy atom. The van der Waals surface area contributed by atoms with Crippen LogP contribution in [0.15, 0.2) is 9.98 Å². The Kier molecular flexibility index (Phi) is 30.0. The minimum atomic E-state index is 0.882. The van der Waals surface area contributed by atoms with Gasteiger partial charge in [-0.25, -0.2) is 0 Å². The molecule has 1 atom stereocenters. The van der Waals surface area contributed by atoms with Gasteiger partial charge in [-0.15, -0.1) is 0 Å². The largest absolute Gasteiger partial charge is 0.240 e. The van der Waals surface area contributed by atoms with E-state index in [1.807, 2.05) is 12.4 Å². The number of aliphatic imine (C=N–C) groups is 2. The van der Waals surface area contributed by atoms with Crippen LogP contribution in [-0.4, -0.2) is 12.4 Å². The van der Waals surface area contributed by atoms with Gasteiger partial charge in [0.25, 0.3) is 0 Å². The topological polar surface area (TPSA) is 24.7 Å². The van der Waals surface area contributed by atoms with E-state index in [4.69, 9.17) is 0 Å². The first kappa shape index (κ1) is 38.2. The maximum absolute atomic E-state index is 4.43. The summed E-state index contributed by atoms with van der Waals surface area (Å²) in [5, 5.41) is 0. The number of rotatable bonds is 34. The lowest BCUT2D eigenvalue weighted by Crippen LogP contribution is -2.03. The van der Waals surface area contributed by atoms with E-state index in [9.17, 15) is 0 Å². The summed E-state index contributed by atoms with van der Waals surface area (Å²) >= 11 is 0. The second-order valence-corrected chi connectivity index (χ2v) is 13.5. The van der Waals surface area contributed by atoms with Gasteiger partial charge in [0.2, 0.25) is 6.17 Å². The van der Waals surface area contributed by atoms with Crippen LogP contribution in [0.4, 0.5) is 0 Å². The lowest BCUT2D eigenvalue weighted by molar-refractivity contribution is 0.373. The summed E-state index contributed by atoms with van der Waals surface area (Å²) in [4.78, 5) is 8.85. The first-order valence-electron chi connectivity index (χ1n) is 19.3. The molecule has 0 aliphatic carbocycles. The molecule has 0 aromatic rings. The smallest absolute Gasteiger partial charge is 0.0968 e. The zero-order valence-electron chi connectivity index (χ0n) is 28.5. The first-order chi connectivity index (χ1) is 20.4. The van der Waals surface area contributed by atoms with E-state index in [2.05, 4.69) is 23.8 Å². The lowest BCUT2D eigenvalue weighted by Gasteiger charge is -2.16. The minimum Gasteiger partial charge on any atom is -0.0968 e. The third-order valence-corrected chi connectivity index (χ3v) is 9.47.